The molecule has 0 rings (SSSR count). The van der Waals surface area contributed by atoms with Crippen molar-refractivity contribution in [1.82, 2.24) is 5.32 Å². The third-order valence-electron chi connectivity index (χ3n) is 0.943. The maximum absolute atomic E-state index is 9.73. The van der Waals surface area contributed by atoms with E-state index < -0.39 is 0 Å². The van der Waals surface area contributed by atoms with Crippen molar-refractivity contribution >= 4 is 6.29 Å². The summed E-state index contributed by atoms with van der Waals surface area (Å²) in [6.45, 7) is 1.97. The molecule has 0 heterocycles. The molecule has 0 radical (unpaired) electrons. The molecule has 0 bridgehead atoms. The van der Waals surface area contributed by atoms with Crippen LogP contribution in [0.5, 0.6) is 0 Å². The molecule has 0 unspecified atom stereocenters. The van der Waals surface area contributed by atoms with Gasteiger partial charge < -0.3 is 10.1 Å². The highest BCUT2D eigenvalue weighted by Crippen LogP contribution is 1.80. The van der Waals surface area contributed by atoms with Gasteiger partial charge in [-0.15, -0.1) is 0 Å². The monoisotopic (exact) mass is 101 g/mol. The molecule has 1 atom stereocenters. The lowest BCUT2D eigenvalue weighted by Gasteiger charge is -2.01. The molecular formula is C5H11NO. The number of carbonyl (C=O) groups is 1. The van der Waals surface area contributed by atoms with Gasteiger partial charge in [0.25, 0.3) is 0 Å². The van der Waals surface area contributed by atoms with Crippen molar-refractivity contribution in [3.63, 3.8) is 0 Å². The van der Waals surface area contributed by atoms with Gasteiger partial charge in [-0.05, 0) is 14.0 Å². The number of hydrogen-bond acceptors (Lipinski definition) is 2. The summed E-state index contributed by atoms with van der Waals surface area (Å²) >= 11 is 0. The van der Waals surface area contributed by atoms with Gasteiger partial charge >= 0.3 is 0 Å². The van der Waals surface area contributed by atoms with Crippen molar-refractivity contribution < 1.29 is 4.79 Å². The Balaban J connectivity index is 2.98. The highest BCUT2D eigenvalue weighted by molar-refractivity contribution is 5.50. The van der Waals surface area contributed by atoms with E-state index in [9.17, 15) is 4.79 Å². The predicted molar refractivity (Wildman–Crippen MR) is 29.2 cm³/mol. The summed E-state index contributed by atoms with van der Waals surface area (Å²) in [6, 6.07) is 0.331. The normalized spacial score (nSPS) is 13.4. The SMILES string of the molecule is CN[C@H](C)CC=O. The summed E-state index contributed by atoms with van der Waals surface area (Å²) < 4.78 is 0. The van der Waals surface area contributed by atoms with Crippen LogP contribution in [0.2, 0.25) is 0 Å². The molecule has 0 saturated carbocycles. The molecule has 0 saturated heterocycles. The molecule has 2 nitrogen and oxygen atoms in total. The van der Waals surface area contributed by atoms with Crippen LogP contribution in [0.15, 0.2) is 0 Å². The minimum Gasteiger partial charge on any atom is -0.317 e. The van der Waals surface area contributed by atoms with Gasteiger partial charge in [0.2, 0.25) is 0 Å². The highest BCUT2D eigenvalue weighted by atomic mass is 16.1. The van der Waals surface area contributed by atoms with E-state index in [1.54, 1.807) is 0 Å². The predicted octanol–water partition coefficient (Wildman–Crippen LogP) is 0.183. The molecule has 0 aliphatic rings. The largest absolute Gasteiger partial charge is 0.317 e. The number of aldehydes is 1. The van der Waals surface area contributed by atoms with E-state index >= 15 is 0 Å². The lowest BCUT2D eigenvalue weighted by atomic mass is 10.3. The van der Waals surface area contributed by atoms with E-state index in [0.717, 1.165) is 6.29 Å². The maximum Gasteiger partial charge on any atom is 0.121 e. The van der Waals surface area contributed by atoms with Gasteiger partial charge in [-0.3, -0.25) is 0 Å². The number of nitrogens with one attached hydrogen (secondary N) is 1. The number of hydrogen-bond donors (Lipinski definition) is 1. The quantitative estimate of drug-likeness (QED) is 0.514. The molecule has 1 N–H and O–H groups in total. The Labute approximate surface area is 43.9 Å². The molecule has 0 spiro atoms. The van der Waals surface area contributed by atoms with Crippen molar-refractivity contribution in [3.05, 3.63) is 0 Å². The molecule has 0 fully saturated rings. The average Bonchev–Trinajstić information content (AvgIpc) is 1.68. The summed E-state index contributed by atoms with van der Waals surface area (Å²) in [7, 11) is 1.84. The molecule has 42 valence electrons. The lowest BCUT2D eigenvalue weighted by molar-refractivity contribution is -0.108. The van der Waals surface area contributed by atoms with Crippen LogP contribution in [-0.4, -0.2) is 19.4 Å². The molecule has 2 heteroatoms. The Kier molecular flexibility index (Phi) is 3.61. The zero-order chi connectivity index (χ0) is 5.70. The van der Waals surface area contributed by atoms with Gasteiger partial charge in [0.05, 0.1) is 0 Å². The molecular weight excluding hydrogens is 90.1 g/mol. The first kappa shape index (κ1) is 6.63. The topological polar surface area (TPSA) is 29.1 Å². The number of rotatable bonds is 3. The fourth-order valence-corrected chi connectivity index (χ4v) is 0.262. The number of carbonyl (C=O) groups excluding carboxylic acids is 1. The second-order valence-corrected chi connectivity index (χ2v) is 1.59. The fraction of sp³-hybridized carbons (Fsp3) is 0.800. The van der Waals surface area contributed by atoms with E-state index in [4.69, 9.17) is 0 Å². The van der Waals surface area contributed by atoms with Crippen LogP contribution in [0.1, 0.15) is 13.3 Å². The summed E-state index contributed by atoms with van der Waals surface area (Å²) in [5.74, 6) is 0. The molecule has 7 heavy (non-hydrogen) atoms. The third-order valence-corrected chi connectivity index (χ3v) is 0.943. The Morgan fingerprint density at radius 3 is 2.57 bits per heavy atom. The van der Waals surface area contributed by atoms with E-state index in [1.807, 2.05) is 14.0 Å². The van der Waals surface area contributed by atoms with Crippen molar-refractivity contribution in [2.45, 2.75) is 19.4 Å². The Morgan fingerprint density at radius 1 is 1.86 bits per heavy atom. The first-order chi connectivity index (χ1) is 3.31. The van der Waals surface area contributed by atoms with Crippen LogP contribution in [0, 0.1) is 0 Å². The van der Waals surface area contributed by atoms with Gasteiger partial charge in [-0.25, -0.2) is 0 Å². The summed E-state index contributed by atoms with van der Waals surface area (Å²) in [5, 5.41) is 2.93. The molecule has 0 aliphatic heterocycles. The van der Waals surface area contributed by atoms with Crippen LogP contribution in [-0.2, 0) is 4.79 Å². The molecule has 0 aromatic heterocycles. The smallest absolute Gasteiger partial charge is 0.121 e. The van der Waals surface area contributed by atoms with Crippen molar-refractivity contribution in [2.24, 2.45) is 0 Å². The van der Waals surface area contributed by atoms with Crippen LogP contribution in [0.3, 0.4) is 0 Å². The minimum atomic E-state index is 0.331. The molecule has 0 aromatic carbocycles. The first-order valence-electron chi connectivity index (χ1n) is 2.42. The van der Waals surface area contributed by atoms with Gasteiger partial charge in [0, 0.05) is 12.5 Å². The summed E-state index contributed by atoms with van der Waals surface area (Å²) in [6.07, 6.45) is 1.53. The van der Waals surface area contributed by atoms with Crippen LogP contribution in [0.25, 0.3) is 0 Å². The molecule has 0 aliphatic carbocycles. The second kappa shape index (κ2) is 3.81. The van der Waals surface area contributed by atoms with Crippen LogP contribution < -0.4 is 5.32 Å². The van der Waals surface area contributed by atoms with Crippen LogP contribution >= 0.6 is 0 Å². The Bertz CT molecular complexity index is 54.0. The average molecular weight is 101 g/mol. The van der Waals surface area contributed by atoms with Crippen molar-refractivity contribution in [1.29, 1.82) is 0 Å². The highest BCUT2D eigenvalue weighted by Gasteiger charge is 1.91. The second-order valence-electron chi connectivity index (χ2n) is 1.59. The van der Waals surface area contributed by atoms with Crippen molar-refractivity contribution in [2.75, 3.05) is 7.05 Å². The third kappa shape index (κ3) is 3.46. The lowest BCUT2D eigenvalue weighted by Crippen LogP contribution is -2.20. The Hall–Kier alpha value is -0.370. The zero-order valence-electron chi connectivity index (χ0n) is 4.77. The van der Waals surface area contributed by atoms with E-state index in [2.05, 4.69) is 5.32 Å². The van der Waals surface area contributed by atoms with E-state index in [-0.39, 0.29) is 0 Å². The standard InChI is InChI=1S/C5H11NO/c1-5(6-2)3-4-7/h4-6H,3H2,1-2H3/t5-/m1/s1. The zero-order valence-corrected chi connectivity index (χ0v) is 4.77. The molecule has 0 aromatic rings. The van der Waals surface area contributed by atoms with Gasteiger partial charge in [0.15, 0.2) is 0 Å². The minimum absolute atomic E-state index is 0.331. The van der Waals surface area contributed by atoms with Crippen molar-refractivity contribution in [3.8, 4) is 0 Å². The summed E-state index contributed by atoms with van der Waals surface area (Å²) in [5.41, 5.74) is 0. The molecule has 0 amide bonds. The van der Waals surface area contributed by atoms with Gasteiger partial charge in [-0.1, -0.05) is 0 Å². The van der Waals surface area contributed by atoms with E-state index in [0.29, 0.717) is 12.5 Å². The van der Waals surface area contributed by atoms with Gasteiger partial charge in [-0.2, -0.15) is 0 Å². The van der Waals surface area contributed by atoms with Crippen LogP contribution in [0.4, 0.5) is 0 Å². The fourth-order valence-electron chi connectivity index (χ4n) is 0.262. The summed E-state index contributed by atoms with van der Waals surface area (Å²) in [4.78, 5) is 9.73. The first-order valence-corrected chi connectivity index (χ1v) is 2.42. The van der Waals surface area contributed by atoms with Gasteiger partial charge in [0.1, 0.15) is 6.29 Å². The Morgan fingerprint density at radius 2 is 2.43 bits per heavy atom. The maximum atomic E-state index is 9.73. The van der Waals surface area contributed by atoms with E-state index in [1.165, 1.54) is 0 Å².